The molecule has 2 N–H and O–H groups in total. The molecule has 0 radical (unpaired) electrons. The molecule has 0 aliphatic rings. The molecule has 0 spiro atoms. The molecule has 9 heteroatoms. The highest BCUT2D eigenvalue weighted by Gasteiger charge is 2.05. The number of rotatable bonds is 4. The molecule has 0 bridgehead atoms. The number of nitrogens with zero attached hydrogens (tertiary/aromatic N) is 3. The van der Waals surface area contributed by atoms with E-state index in [0.29, 0.717) is 11.4 Å². The highest BCUT2D eigenvalue weighted by atomic mass is 32.1. The molecule has 1 aromatic carbocycles. The van der Waals surface area contributed by atoms with Gasteiger partial charge >= 0.3 is 5.69 Å². The summed E-state index contributed by atoms with van der Waals surface area (Å²) in [6.45, 7) is 0. The maximum atomic E-state index is 12.0. The van der Waals surface area contributed by atoms with Gasteiger partial charge in [0.25, 0.3) is 5.56 Å². The Bertz CT molecular complexity index is 901. The molecule has 0 aliphatic heterocycles. The van der Waals surface area contributed by atoms with Crippen molar-refractivity contribution in [1.29, 1.82) is 0 Å². The van der Waals surface area contributed by atoms with Crippen molar-refractivity contribution in [2.24, 2.45) is 19.2 Å². The molecule has 2 rings (SSSR count). The fourth-order valence-corrected chi connectivity index (χ4v) is 2.15. The predicted octanol–water partition coefficient (Wildman–Crippen LogP) is 0.413. The molecule has 1 aromatic heterocycles. The Morgan fingerprint density at radius 2 is 2.00 bits per heavy atom. The SMILES string of the molecule is COc1ccccc1NC(=S)N/N=C/c1cn(C)c(=O)n(C)c1=O. The number of aryl methyl sites for hydroxylation is 1. The number of ether oxygens (including phenoxy) is 1. The van der Waals surface area contributed by atoms with Gasteiger partial charge in [-0.15, -0.1) is 0 Å². The average molecular weight is 347 g/mol. The molecule has 0 saturated carbocycles. The lowest BCUT2D eigenvalue weighted by atomic mass is 10.3. The Kier molecular flexibility index (Phi) is 5.48. The number of methoxy groups -OCH3 is 1. The van der Waals surface area contributed by atoms with E-state index < -0.39 is 11.2 Å². The summed E-state index contributed by atoms with van der Waals surface area (Å²) >= 11 is 5.13. The van der Waals surface area contributed by atoms with Crippen LogP contribution in [0.25, 0.3) is 0 Å². The van der Waals surface area contributed by atoms with Crippen LogP contribution in [0.2, 0.25) is 0 Å². The van der Waals surface area contributed by atoms with Crippen LogP contribution >= 0.6 is 12.2 Å². The van der Waals surface area contributed by atoms with Crippen LogP contribution < -0.4 is 26.7 Å². The van der Waals surface area contributed by atoms with E-state index >= 15 is 0 Å². The lowest BCUT2D eigenvalue weighted by Gasteiger charge is -2.10. The van der Waals surface area contributed by atoms with E-state index in [1.807, 2.05) is 12.1 Å². The first-order chi connectivity index (χ1) is 11.4. The molecule has 24 heavy (non-hydrogen) atoms. The van der Waals surface area contributed by atoms with Crippen LogP contribution in [0.5, 0.6) is 5.75 Å². The minimum Gasteiger partial charge on any atom is -0.495 e. The molecule has 0 fully saturated rings. The Morgan fingerprint density at radius 3 is 2.71 bits per heavy atom. The Balaban J connectivity index is 2.08. The third-order valence-corrected chi connectivity index (χ3v) is 3.39. The summed E-state index contributed by atoms with van der Waals surface area (Å²) in [6, 6.07) is 7.28. The van der Waals surface area contributed by atoms with Gasteiger partial charge in [-0.2, -0.15) is 5.10 Å². The zero-order valence-electron chi connectivity index (χ0n) is 13.4. The second-order valence-corrected chi connectivity index (χ2v) is 5.27. The number of hydrazone groups is 1. The zero-order chi connectivity index (χ0) is 17.7. The fourth-order valence-electron chi connectivity index (χ4n) is 1.98. The average Bonchev–Trinajstić information content (AvgIpc) is 2.58. The Hall–Kier alpha value is -2.94. The first kappa shape index (κ1) is 17.4. The summed E-state index contributed by atoms with van der Waals surface area (Å²) in [5, 5.41) is 7.09. The van der Waals surface area contributed by atoms with Gasteiger partial charge in [-0.05, 0) is 24.4 Å². The molecular formula is C15H17N5O3S. The van der Waals surface area contributed by atoms with Crippen molar-refractivity contribution in [2.45, 2.75) is 0 Å². The van der Waals surface area contributed by atoms with Gasteiger partial charge in [-0.25, -0.2) is 4.79 Å². The number of thiocarbonyl (C=S) groups is 1. The third kappa shape index (κ3) is 3.87. The summed E-state index contributed by atoms with van der Waals surface area (Å²) in [5.74, 6) is 0.637. The largest absolute Gasteiger partial charge is 0.495 e. The van der Waals surface area contributed by atoms with Gasteiger partial charge in [-0.3, -0.25) is 14.8 Å². The van der Waals surface area contributed by atoms with Crippen molar-refractivity contribution in [1.82, 2.24) is 14.6 Å². The number of nitrogens with one attached hydrogen (secondary N) is 2. The topological polar surface area (TPSA) is 89.7 Å². The van der Waals surface area contributed by atoms with Crippen LogP contribution in [0.3, 0.4) is 0 Å². The number of anilines is 1. The molecule has 0 unspecified atom stereocenters. The molecule has 0 saturated heterocycles. The van der Waals surface area contributed by atoms with E-state index in [4.69, 9.17) is 17.0 Å². The van der Waals surface area contributed by atoms with E-state index in [9.17, 15) is 9.59 Å². The number of para-hydroxylation sites is 2. The van der Waals surface area contributed by atoms with Crippen LogP contribution in [-0.4, -0.2) is 27.6 Å². The highest BCUT2D eigenvalue weighted by molar-refractivity contribution is 7.80. The van der Waals surface area contributed by atoms with Crippen LogP contribution in [0.4, 0.5) is 5.69 Å². The number of hydrogen-bond donors (Lipinski definition) is 2. The normalized spacial score (nSPS) is 10.6. The van der Waals surface area contributed by atoms with Crippen molar-refractivity contribution in [3.05, 3.63) is 56.9 Å². The van der Waals surface area contributed by atoms with Gasteiger partial charge < -0.3 is 14.6 Å². The molecular weight excluding hydrogens is 330 g/mol. The quantitative estimate of drug-likeness (QED) is 0.473. The van der Waals surface area contributed by atoms with Crippen LogP contribution in [0.1, 0.15) is 5.56 Å². The maximum absolute atomic E-state index is 12.0. The molecule has 8 nitrogen and oxygen atoms in total. The van der Waals surface area contributed by atoms with Crippen molar-refractivity contribution in [3.63, 3.8) is 0 Å². The maximum Gasteiger partial charge on any atom is 0.330 e. The van der Waals surface area contributed by atoms with E-state index in [2.05, 4.69) is 15.8 Å². The number of hydrogen-bond acceptors (Lipinski definition) is 5. The fraction of sp³-hybridized carbons (Fsp3) is 0.200. The van der Waals surface area contributed by atoms with E-state index in [0.717, 1.165) is 4.57 Å². The summed E-state index contributed by atoms with van der Waals surface area (Å²) in [5.41, 5.74) is 2.71. The van der Waals surface area contributed by atoms with Crippen LogP contribution in [0.15, 0.2) is 45.2 Å². The monoisotopic (exact) mass is 347 g/mol. The van der Waals surface area contributed by atoms with Gasteiger partial charge in [0, 0.05) is 20.3 Å². The van der Waals surface area contributed by atoms with Gasteiger partial charge in [0.05, 0.1) is 24.6 Å². The minimum absolute atomic E-state index is 0.234. The summed E-state index contributed by atoms with van der Waals surface area (Å²) in [6.07, 6.45) is 2.71. The van der Waals surface area contributed by atoms with Gasteiger partial charge in [0.1, 0.15) is 5.75 Å². The summed E-state index contributed by atoms with van der Waals surface area (Å²) in [7, 11) is 4.52. The second-order valence-electron chi connectivity index (χ2n) is 4.87. The minimum atomic E-state index is -0.438. The lowest BCUT2D eigenvalue weighted by Crippen LogP contribution is -2.38. The first-order valence-electron chi connectivity index (χ1n) is 6.93. The molecule has 1 heterocycles. The van der Waals surface area contributed by atoms with Crippen molar-refractivity contribution >= 4 is 29.2 Å². The van der Waals surface area contributed by atoms with Crippen LogP contribution in [-0.2, 0) is 14.1 Å². The highest BCUT2D eigenvalue weighted by Crippen LogP contribution is 2.22. The summed E-state index contributed by atoms with van der Waals surface area (Å²) < 4.78 is 7.51. The van der Waals surface area contributed by atoms with E-state index in [-0.39, 0.29) is 10.7 Å². The zero-order valence-corrected chi connectivity index (χ0v) is 14.3. The van der Waals surface area contributed by atoms with Crippen molar-refractivity contribution < 1.29 is 4.74 Å². The molecule has 0 atom stereocenters. The van der Waals surface area contributed by atoms with Gasteiger partial charge in [0.15, 0.2) is 5.11 Å². The van der Waals surface area contributed by atoms with Crippen molar-refractivity contribution in [3.8, 4) is 5.75 Å². The van der Waals surface area contributed by atoms with Crippen molar-refractivity contribution in [2.75, 3.05) is 12.4 Å². The molecule has 126 valence electrons. The van der Waals surface area contributed by atoms with Crippen LogP contribution in [0, 0.1) is 0 Å². The second kappa shape index (κ2) is 7.55. The number of benzene rings is 1. The third-order valence-electron chi connectivity index (χ3n) is 3.20. The lowest BCUT2D eigenvalue weighted by molar-refractivity contribution is 0.417. The smallest absolute Gasteiger partial charge is 0.330 e. The number of aromatic nitrogens is 2. The molecule has 0 aliphatic carbocycles. The van der Waals surface area contributed by atoms with Gasteiger partial charge in [-0.1, -0.05) is 12.1 Å². The standard InChI is InChI=1S/C15H17N5O3S/c1-19-9-10(13(21)20(2)15(19)22)8-16-18-14(24)17-11-6-4-5-7-12(11)23-3/h4-9H,1-3H3,(H2,17,18,24)/b16-8+. The molecule has 0 amide bonds. The first-order valence-corrected chi connectivity index (χ1v) is 7.34. The molecule has 2 aromatic rings. The summed E-state index contributed by atoms with van der Waals surface area (Å²) in [4.78, 5) is 23.6. The predicted molar refractivity (Wildman–Crippen MR) is 96.9 cm³/mol. The Labute approximate surface area is 143 Å². The van der Waals surface area contributed by atoms with Gasteiger partial charge in [0.2, 0.25) is 0 Å². The van der Waals surface area contributed by atoms with E-state index in [1.54, 1.807) is 26.3 Å². The van der Waals surface area contributed by atoms with E-state index in [1.165, 1.54) is 24.0 Å². The Morgan fingerprint density at radius 1 is 1.29 bits per heavy atom.